The summed E-state index contributed by atoms with van der Waals surface area (Å²) in [5, 5.41) is 3.36. The van der Waals surface area contributed by atoms with Crippen molar-refractivity contribution < 1.29 is 4.74 Å². The van der Waals surface area contributed by atoms with Crippen LogP contribution in [0.25, 0.3) is 0 Å². The van der Waals surface area contributed by atoms with Gasteiger partial charge >= 0.3 is 0 Å². The number of pyridine rings is 1. The summed E-state index contributed by atoms with van der Waals surface area (Å²) >= 11 is 0. The Morgan fingerprint density at radius 1 is 1.39 bits per heavy atom. The zero-order valence-corrected chi connectivity index (χ0v) is 12.0. The van der Waals surface area contributed by atoms with E-state index in [0.29, 0.717) is 0 Å². The summed E-state index contributed by atoms with van der Waals surface area (Å²) in [5.74, 6) is 0. The van der Waals surface area contributed by atoms with Gasteiger partial charge in [0.15, 0.2) is 0 Å². The third-order valence-electron chi connectivity index (χ3n) is 2.95. The molecule has 1 rings (SSSR count). The molecule has 0 aromatic carbocycles. The van der Waals surface area contributed by atoms with Crippen molar-refractivity contribution in [1.29, 1.82) is 0 Å². The van der Waals surface area contributed by atoms with Gasteiger partial charge in [0.25, 0.3) is 0 Å². The van der Waals surface area contributed by atoms with Crippen molar-refractivity contribution >= 4 is 5.69 Å². The van der Waals surface area contributed by atoms with Gasteiger partial charge in [-0.2, -0.15) is 0 Å². The molecule has 0 aliphatic rings. The largest absolute Gasteiger partial charge is 0.383 e. The van der Waals surface area contributed by atoms with Gasteiger partial charge in [0, 0.05) is 49.9 Å². The highest BCUT2D eigenvalue weighted by atomic mass is 16.5. The van der Waals surface area contributed by atoms with Gasteiger partial charge < -0.3 is 15.0 Å². The first kappa shape index (κ1) is 14.9. The summed E-state index contributed by atoms with van der Waals surface area (Å²) in [7, 11) is 1.74. The number of ether oxygens (including phenoxy) is 1. The second kappa shape index (κ2) is 8.06. The van der Waals surface area contributed by atoms with E-state index in [2.05, 4.69) is 35.1 Å². The molecule has 0 radical (unpaired) electrons. The maximum atomic E-state index is 5.17. The number of aromatic nitrogens is 1. The van der Waals surface area contributed by atoms with Crippen LogP contribution >= 0.6 is 0 Å². The molecule has 1 heterocycles. The van der Waals surface area contributed by atoms with Gasteiger partial charge in [-0.05, 0) is 26.5 Å². The van der Waals surface area contributed by atoms with E-state index in [-0.39, 0.29) is 0 Å². The first-order chi connectivity index (χ1) is 8.72. The highest BCUT2D eigenvalue weighted by Crippen LogP contribution is 2.20. The van der Waals surface area contributed by atoms with E-state index in [1.165, 1.54) is 11.3 Å². The van der Waals surface area contributed by atoms with Crippen molar-refractivity contribution in [2.24, 2.45) is 0 Å². The highest BCUT2D eigenvalue weighted by Gasteiger charge is 2.10. The van der Waals surface area contributed by atoms with Gasteiger partial charge in [0.1, 0.15) is 0 Å². The van der Waals surface area contributed by atoms with E-state index >= 15 is 0 Å². The lowest BCUT2D eigenvalue weighted by molar-refractivity contribution is 0.205. The Balaban J connectivity index is 2.90. The van der Waals surface area contributed by atoms with Crippen molar-refractivity contribution in [3.63, 3.8) is 0 Å². The van der Waals surface area contributed by atoms with Gasteiger partial charge in [-0.1, -0.05) is 6.92 Å². The molecule has 0 aliphatic heterocycles. The molecule has 0 atom stereocenters. The number of hydrogen-bond donors (Lipinski definition) is 1. The minimum absolute atomic E-state index is 0.746. The van der Waals surface area contributed by atoms with Crippen molar-refractivity contribution in [1.82, 2.24) is 10.3 Å². The number of nitrogens with one attached hydrogen (secondary N) is 1. The van der Waals surface area contributed by atoms with Gasteiger partial charge in [-0.15, -0.1) is 0 Å². The van der Waals surface area contributed by atoms with Crippen LogP contribution in [0, 0.1) is 6.92 Å². The number of methoxy groups -OCH3 is 1. The number of rotatable bonds is 8. The van der Waals surface area contributed by atoms with Crippen LogP contribution in [0.3, 0.4) is 0 Å². The second-order valence-corrected chi connectivity index (χ2v) is 4.31. The minimum atomic E-state index is 0.746. The molecular formula is C14H25N3O. The fourth-order valence-electron chi connectivity index (χ4n) is 1.91. The van der Waals surface area contributed by atoms with Gasteiger partial charge in [0.05, 0.1) is 6.61 Å². The van der Waals surface area contributed by atoms with Crippen LogP contribution < -0.4 is 10.2 Å². The lowest BCUT2D eigenvalue weighted by Crippen LogP contribution is -2.29. The number of nitrogens with zero attached hydrogens (tertiary/aromatic N) is 2. The average molecular weight is 251 g/mol. The molecule has 1 aromatic rings. The number of hydrogen-bond acceptors (Lipinski definition) is 4. The Kier molecular flexibility index (Phi) is 6.68. The molecule has 0 bridgehead atoms. The van der Waals surface area contributed by atoms with Crippen LogP contribution in [-0.2, 0) is 11.3 Å². The van der Waals surface area contributed by atoms with E-state index in [9.17, 15) is 0 Å². The molecule has 102 valence electrons. The standard InChI is InChI=1S/C14H25N3O/c1-5-15-10-13-11-16-12(3)9-14(13)17(6-2)7-8-18-4/h9,11,15H,5-8,10H2,1-4H3. The fourth-order valence-corrected chi connectivity index (χ4v) is 1.91. The summed E-state index contributed by atoms with van der Waals surface area (Å²) in [6, 6.07) is 2.16. The topological polar surface area (TPSA) is 37.4 Å². The Morgan fingerprint density at radius 3 is 2.78 bits per heavy atom. The lowest BCUT2D eigenvalue weighted by atomic mass is 10.2. The third-order valence-corrected chi connectivity index (χ3v) is 2.95. The third kappa shape index (κ3) is 4.27. The molecular weight excluding hydrogens is 226 g/mol. The molecule has 0 aliphatic carbocycles. The van der Waals surface area contributed by atoms with Crippen molar-refractivity contribution in [3.05, 3.63) is 23.5 Å². The van der Waals surface area contributed by atoms with E-state index in [0.717, 1.165) is 38.5 Å². The second-order valence-electron chi connectivity index (χ2n) is 4.31. The summed E-state index contributed by atoms with van der Waals surface area (Å²) in [5.41, 5.74) is 3.57. The Hall–Kier alpha value is -1.13. The van der Waals surface area contributed by atoms with Crippen molar-refractivity contribution in [3.8, 4) is 0 Å². The molecule has 0 unspecified atom stereocenters. The molecule has 0 saturated carbocycles. The maximum Gasteiger partial charge on any atom is 0.0637 e. The number of likely N-dealkylation sites (N-methyl/N-ethyl adjacent to an activating group) is 1. The zero-order chi connectivity index (χ0) is 13.4. The highest BCUT2D eigenvalue weighted by molar-refractivity contribution is 5.53. The summed E-state index contributed by atoms with van der Waals surface area (Å²) < 4.78 is 5.17. The lowest BCUT2D eigenvalue weighted by Gasteiger charge is -2.25. The number of anilines is 1. The molecule has 4 nitrogen and oxygen atoms in total. The first-order valence-corrected chi connectivity index (χ1v) is 6.63. The summed E-state index contributed by atoms with van der Waals surface area (Å²) in [6.07, 6.45) is 1.97. The molecule has 18 heavy (non-hydrogen) atoms. The van der Waals surface area contributed by atoms with Crippen molar-refractivity contribution in [2.45, 2.75) is 27.3 Å². The van der Waals surface area contributed by atoms with Crippen LogP contribution in [0.5, 0.6) is 0 Å². The minimum Gasteiger partial charge on any atom is -0.383 e. The van der Waals surface area contributed by atoms with Gasteiger partial charge in [-0.3, -0.25) is 4.98 Å². The molecule has 4 heteroatoms. The maximum absolute atomic E-state index is 5.17. The van der Waals surface area contributed by atoms with Crippen LogP contribution in [0.1, 0.15) is 25.1 Å². The fraction of sp³-hybridized carbons (Fsp3) is 0.643. The Bertz CT molecular complexity index is 355. The van der Waals surface area contributed by atoms with E-state index in [1.807, 2.05) is 13.1 Å². The predicted octanol–water partition coefficient (Wildman–Crippen LogP) is 1.97. The Morgan fingerprint density at radius 2 is 2.17 bits per heavy atom. The zero-order valence-electron chi connectivity index (χ0n) is 12.0. The monoisotopic (exact) mass is 251 g/mol. The van der Waals surface area contributed by atoms with E-state index in [4.69, 9.17) is 4.74 Å². The molecule has 0 fully saturated rings. The van der Waals surface area contributed by atoms with Gasteiger partial charge in [-0.25, -0.2) is 0 Å². The van der Waals surface area contributed by atoms with Gasteiger partial charge in [0.2, 0.25) is 0 Å². The van der Waals surface area contributed by atoms with Crippen LogP contribution in [0.2, 0.25) is 0 Å². The first-order valence-electron chi connectivity index (χ1n) is 6.63. The van der Waals surface area contributed by atoms with E-state index < -0.39 is 0 Å². The molecule has 1 aromatic heterocycles. The number of aryl methyl sites for hydroxylation is 1. The average Bonchev–Trinajstić information content (AvgIpc) is 2.38. The molecule has 0 amide bonds. The van der Waals surface area contributed by atoms with Crippen molar-refractivity contribution in [2.75, 3.05) is 38.3 Å². The van der Waals surface area contributed by atoms with Crippen LogP contribution in [0.4, 0.5) is 5.69 Å². The van der Waals surface area contributed by atoms with Crippen LogP contribution in [0.15, 0.2) is 12.3 Å². The SMILES string of the molecule is CCNCc1cnc(C)cc1N(CC)CCOC. The summed E-state index contributed by atoms with van der Waals surface area (Å²) in [6.45, 7) is 10.8. The smallest absolute Gasteiger partial charge is 0.0637 e. The normalized spacial score (nSPS) is 10.7. The quantitative estimate of drug-likeness (QED) is 0.766. The predicted molar refractivity (Wildman–Crippen MR) is 76.1 cm³/mol. The molecule has 1 N–H and O–H groups in total. The Labute approximate surface area is 110 Å². The van der Waals surface area contributed by atoms with Crippen LogP contribution in [-0.4, -0.2) is 38.3 Å². The molecule has 0 saturated heterocycles. The van der Waals surface area contributed by atoms with E-state index in [1.54, 1.807) is 7.11 Å². The molecule has 0 spiro atoms. The summed E-state index contributed by atoms with van der Waals surface area (Å²) in [4.78, 5) is 6.73.